The van der Waals surface area contributed by atoms with Crippen LogP contribution in [0.1, 0.15) is 13.8 Å². The van der Waals surface area contributed by atoms with Gasteiger partial charge in [0.1, 0.15) is 0 Å². The summed E-state index contributed by atoms with van der Waals surface area (Å²) >= 11 is 1.70. The summed E-state index contributed by atoms with van der Waals surface area (Å²) in [6.45, 7) is 2.92. The van der Waals surface area contributed by atoms with Crippen molar-refractivity contribution in [3.8, 4) is 0 Å². The van der Waals surface area contributed by atoms with Gasteiger partial charge in [-0.05, 0) is 40.0 Å². The molecule has 2 nitrogen and oxygen atoms in total. The van der Waals surface area contributed by atoms with Gasteiger partial charge in [0, 0.05) is 6.08 Å². The molecule has 0 heterocycles. The van der Waals surface area contributed by atoms with Crippen LogP contribution in [0.5, 0.6) is 0 Å². The number of alkyl halides is 2. The van der Waals surface area contributed by atoms with Crippen LogP contribution in [-0.4, -0.2) is 18.5 Å². The van der Waals surface area contributed by atoms with Crippen LogP contribution in [0.15, 0.2) is 9.66 Å². The Morgan fingerprint density at radius 1 is 1.67 bits per heavy atom. The van der Waals surface area contributed by atoms with Gasteiger partial charge in [-0.3, -0.25) is 0 Å². The average Bonchev–Trinajstić information content (AvgIpc) is 1.85. The number of esters is 1. The smallest absolute Gasteiger partial charge is 0.381 e. The molecule has 0 N–H and O–H groups in total. The fourth-order valence-electron chi connectivity index (χ4n) is 0.536. The number of hydrogen-bond acceptors (Lipinski definition) is 2. The van der Waals surface area contributed by atoms with Gasteiger partial charge in [-0.2, -0.15) is 8.78 Å². The fraction of sp³-hybridized carbons (Fsp3) is 0.571. The van der Waals surface area contributed by atoms with Crippen molar-refractivity contribution in [1.29, 1.82) is 0 Å². The van der Waals surface area contributed by atoms with Gasteiger partial charge in [-0.15, -0.1) is 0 Å². The lowest BCUT2D eigenvalue weighted by molar-refractivity contribution is -0.164. The molecule has 0 radical (unpaired) electrons. The number of halogens is 3. The Labute approximate surface area is 83.1 Å². The summed E-state index contributed by atoms with van der Waals surface area (Å²) in [5.41, 5.74) is 0. The Kier molecular flexibility index (Phi) is 4.66. The van der Waals surface area contributed by atoms with Gasteiger partial charge < -0.3 is 4.74 Å². The van der Waals surface area contributed by atoms with E-state index in [4.69, 9.17) is 0 Å². The Balaban J connectivity index is 4.39. The summed E-state index contributed by atoms with van der Waals surface area (Å²) in [4.78, 5) is 10.6. The molecule has 0 aromatic rings. The lowest BCUT2D eigenvalue weighted by Crippen LogP contribution is -2.28. The van der Waals surface area contributed by atoms with Crippen molar-refractivity contribution < 1.29 is 18.3 Å². The van der Waals surface area contributed by atoms with E-state index in [9.17, 15) is 13.6 Å². The van der Waals surface area contributed by atoms with Crippen LogP contribution in [-0.2, 0) is 9.53 Å². The number of carbonyl (C=O) groups excluding carboxylic acids is 1. The number of allylic oxidation sites excluding steroid dienone is 1. The van der Waals surface area contributed by atoms with Gasteiger partial charge in [0.25, 0.3) is 0 Å². The molecular weight excluding hydrogens is 281 g/mol. The van der Waals surface area contributed by atoms with Crippen molar-refractivity contribution in [2.24, 2.45) is 0 Å². The number of hydrogen-bond donors (Lipinski definition) is 0. The zero-order valence-electron chi connectivity index (χ0n) is 6.73. The van der Waals surface area contributed by atoms with Gasteiger partial charge in [0.05, 0.1) is 6.61 Å². The highest BCUT2D eigenvalue weighted by Gasteiger charge is 2.37. The van der Waals surface area contributed by atoms with E-state index >= 15 is 0 Å². The molecule has 0 saturated heterocycles. The van der Waals surface area contributed by atoms with Gasteiger partial charge in [0.2, 0.25) is 0 Å². The zero-order chi connectivity index (χ0) is 9.78. The van der Waals surface area contributed by atoms with E-state index in [-0.39, 0.29) is 6.61 Å². The summed E-state index contributed by atoms with van der Waals surface area (Å²) in [5.74, 6) is -5.00. The van der Waals surface area contributed by atoms with Crippen LogP contribution in [0, 0.1) is 0 Å². The summed E-state index contributed by atoms with van der Waals surface area (Å²) in [6, 6.07) is 0. The van der Waals surface area contributed by atoms with Crippen molar-refractivity contribution in [1.82, 2.24) is 0 Å². The molecule has 70 valence electrons. The summed E-state index contributed by atoms with van der Waals surface area (Å²) in [7, 11) is 0. The number of rotatable bonds is 3. The first-order valence-corrected chi connectivity index (χ1v) is 4.38. The SMILES string of the molecule is CCOC(=O)C(F)(F)C=C(C)I. The first kappa shape index (κ1) is 11.8. The standard InChI is InChI=1S/C7H9F2IO2/c1-3-12-6(11)7(8,9)4-5(2)10/h4H,3H2,1-2H3. The van der Waals surface area contributed by atoms with E-state index in [1.807, 2.05) is 0 Å². The topological polar surface area (TPSA) is 26.3 Å². The van der Waals surface area contributed by atoms with Gasteiger partial charge >= 0.3 is 11.9 Å². The monoisotopic (exact) mass is 290 g/mol. The minimum absolute atomic E-state index is 0.0391. The Bertz CT molecular complexity index is 198. The molecule has 12 heavy (non-hydrogen) atoms. The third-order valence-electron chi connectivity index (χ3n) is 0.928. The van der Waals surface area contributed by atoms with Crippen molar-refractivity contribution in [3.63, 3.8) is 0 Å². The minimum Gasteiger partial charge on any atom is -0.461 e. The van der Waals surface area contributed by atoms with Crippen LogP contribution in [0.4, 0.5) is 8.78 Å². The molecular formula is C7H9F2IO2. The van der Waals surface area contributed by atoms with E-state index in [2.05, 4.69) is 4.74 Å². The lowest BCUT2D eigenvalue weighted by Gasteiger charge is -2.09. The molecule has 0 saturated carbocycles. The van der Waals surface area contributed by atoms with Crippen LogP contribution in [0.2, 0.25) is 0 Å². The highest BCUT2D eigenvalue weighted by atomic mass is 127. The van der Waals surface area contributed by atoms with Crippen molar-refractivity contribution in [2.75, 3.05) is 6.61 Å². The Morgan fingerprint density at radius 3 is 2.50 bits per heavy atom. The number of carbonyl (C=O) groups is 1. The van der Waals surface area contributed by atoms with Crippen LogP contribution >= 0.6 is 22.6 Å². The van der Waals surface area contributed by atoms with Crippen molar-refractivity contribution in [3.05, 3.63) is 9.66 Å². The molecule has 0 fully saturated rings. The van der Waals surface area contributed by atoms with Gasteiger partial charge in [-0.1, -0.05) is 0 Å². The zero-order valence-corrected chi connectivity index (χ0v) is 8.89. The molecule has 0 aliphatic carbocycles. The summed E-state index contributed by atoms with van der Waals surface area (Å²) in [5, 5.41) is 0. The molecule has 0 atom stereocenters. The predicted octanol–water partition coefficient (Wildman–Crippen LogP) is 2.52. The van der Waals surface area contributed by atoms with E-state index in [0.29, 0.717) is 9.66 Å². The summed E-state index contributed by atoms with van der Waals surface area (Å²) in [6.07, 6.45) is 0.575. The molecule has 0 spiro atoms. The highest BCUT2D eigenvalue weighted by Crippen LogP contribution is 2.21. The van der Waals surface area contributed by atoms with E-state index < -0.39 is 11.9 Å². The fourth-order valence-corrected chi connectivity index (χ4v) is 0.927. The maximum atomic E-state index is 12.7. The normalized spacial score (nSPS) is 12.9. The maximum absolute atomic E-state index is 12.7. The van der Waals surface area contributed by atoms with Crippen LogP contribution in [0.3, 0.4) is 0 Å². The molecule has 0 unspecified atom stereocenters. The first-order valence-electron chi connectivity index (χ1n) is 3.30. The summed E-state index contributed by atoms with van der Waals surface area (Å²) < 4.78 is 29.9. The highest BCUT2D eigenvalue weighted by molar-refractivity contribution is 14.1. The second-order valence-corrected chi connectivity index (χ2v) is 3.78. The molecule has 0 bridgehead atoms. The first-order chi connectivity index (χ1) is 5.40. The average molecular weight is 290 g/mol. The third-order valence-corrected chi connectivity index (χ3v) is 1.24. The van der Waals surface area contributed by atoms with Crippen molar-refractivity contribution >= 4 is 28.6 Å². The van der Waals surface area contributed by atoms with Gasteiger partial charge in [0.15, 0.2) is 0 Å². The molecule has 0 aliphatic heterocycles. The number of ether oxygens (including phenoxy) is 1. The molecule has 0 aromatic heterocycles. The van der Waals surface area contributed by atoms with E-state index in [1.165, 1.54) is 13.8 Å². The van der Waals surface area contributed by atoms with E-state index in [0.717, 1.165) is 0 Å². The van der Waals surface area contributed by atoms with Crippen LogP contribution < -0.4 is 0 Å². The third kappa shape index (κ3) is 3.99. The second kappa shape index (κ2) is 4.74. The van der Waals surface area contributed by atoms with E-state index in [1.54, 1.807) is 22.6 Å². The molecule has 0 amide bonds. The maximum Gasteiger partial charge on any atom is 0.381 e. The largest absolute Gasteiger partial charge is 0.461 e. The lowest BCUT2D eigenvalue weighted by atomic mass is 10.3. The Hall–Kier alpha value is -0.200. The molecule has 0 rings (SSSR count). The second-order valence-electron chi connectivity index (χ2n) is 2.07. The van der Waals surface area contributed by atoms with Crippen LogP contribution in [0.25, 0.3) is 0 Å². The molecule has 0 aliphatic rings. The molecule has 5 heteroatoms. The quantitative estimate of drug-likeness (QED) is 0.590. The van der Waals surface area contributed by atoms with Gasteiger partial charge in [-0.25, -0.2) is 4.79 Å². The predicted molar refractivity (Wildman–Crippen MR) is 49.4 cm³/mol. The van der Waals surface area contributed by atoms with Crippen molar-refractivity contribution in [2.45, 2.75) is 19.8 Å². The minimum atomic E-state index is -3.50. The molecule has 0 aromatic carbocycles. The Morgan fingerprint density at radius 2 is 2.17 bits per heavy atom.